The molecule has 1 rings (SSSR count). The number of carbonyl (C=O) groups excluding carboxylic acids is 1. The number of nitrogens with two attached hydrogens (primary N) is 1. The van der Waals surface area contributed by atoms with Gasteiger partial charge in [0.1, 0.15) is 5.54 Å². The van der Waals surface area contributed by atoms with Gasteiger partial charge in [-0.15, -0.1) is 0 Å². The predicted molar refractivity (Wildman–Crippen MR) is 76.5 cm³/mol. The Bertz CT molecular complexity index is 464. The van der Waals surface area contributed by atoms with Crippen LogP contribution in [-0.2, 0) is 0 Å². The number of hydrogen-bond donors (Lipinski definition) is 5. The average molecular weight is 283 g/mol. The molecule has 1 amide bonds. The van der Waals surface area contributed by atoms with E-state index in [1.807, 2.05) is 0 Å². The number of hydrogen-bond acceptors (Lipinski definition) is 6. The molecule has 6 N–H and O–H groups in total. The second kappa shape index (κ2) is 6.56. The van der Waals surface area contributed by atoms with E-state index in [1.54, 1.807) is 26.2 Å². The summed E-state index contributed by atoms with van der Waals surface area (Å²) in [6.45, 7) is -1.44. The van der Waals surface area contributed by atoms with Gasteiger partial charge in [-0.2, -0.15) is 0 Å². The number of nitrogens with one attached hydrogen (secondary N) is 1. The standard InChI is InChI=1S/C13H21N3O4/c1-16(2)12(20)9-3-4-10(14)11(5-9)15-13(6-17,7-18)8-19/h3-5,15,17-19H,6-8,14H2,1-2H3. The van der Waals surface area contributed by atoms with Gasteiger partial charge >= 0.3 is 0 Å². The molecule has 0 aromatic heterocycles. The number of rotatable bonds is 6. The first kappa shape index (κ1) is 16.2. The van der Waals surface area contributed by atoms with Crippen molar-refractivity contribution in [2.24, 2.45) is 0 Å². The minimum Gasteiger partial charge on any atom is -0.397 e. The van der Waals surface area contributed by atoms with Crippen molar-refractivity contribution < 1.29 is 20.1 Å². The van der Waals surface area contributed by atoms with Gasteiger partial charge in [-0.05, 0) is 18.2 Å². The van der Waals surface area contributed by atoms with Crippen molar-refractivity contribution in [2.45, 2.75) is 5.54 Å². The Morgan fingerprint density at radius 3 is 2.25 bits per heavy atom. The molecule has 0 aliphatic carbocycles. The maximum Gasteiger partial charge on any atom is 0.253 e. The smallest absolute Gasteiger partial charge is 0.253 e. The van der Waals surface area contributed by atoms with Crippen molar-refractivity contribution in [2.75, 3.05) is 45.0 Å². The van der Waals surface area contributed by atoms with Crippen molar-refractivity contribution in [3.8, 4) is 0 Å². The third-order valence-corrected chi connectivity index (χ3v) is 3.01. The maximum absolute atomic E-state index is 11.9. The minimum absolute atomic E-state index is 0.198. The van der Waals surface area contributed by atoms with E-state index in [1.165, 1.54) is 11.0 Å². The molecule has 0 spiro atoms. The van der Waals surface area contributed by atoms with Crippen molar-refractivity contribution >= 4 is 17.3 Å². The summed E-state index contributed by atoms with van der Waals surface area (Å²) in [4.78, 5) is 13.3. The summed E-state index contributed by atoms with van der Waals surface area (Å²) in [7, 11) is 3.26. The first-order chi connectivity index (χ1) is 9.39. The molecule has 1 aromatic carbocycles. The van der Waals surface area contributed by atoms with Gasteiger partial charge in [0, 0.05) is 19.7 Å². The van der Waals surface area contributed by atoms with Crippen LogP contribution in [0.3, 0.4) is 0 Å². The van der Waals surface area contributed by atoms with Gasteiger partial charge in [0.25, 0.3) is 5.91 Å². The number of anilines is 2. The van der Waals surface area contributed by atoms with Crippen LogP contribution in [0.2, 0.25) is 0 Å². The zero-order valence-corrected chi connectivity index (χ0v) is 11.6. The van der Waals surface area contributed by atoms with Gasteiger partial charge in [0.15, 0.2) is 0 Å². The summed E-state index contributed by atoms with van der Waals surface area (Å²) in [5.74, 6) is -0.198. The van der Waals surface area contributed by atoms with E-state index < -0.39 is 25.4 Å². The Labute approximate surface area is 117 Å². The minimum atomic E-state index is -1.30. The Kier molecular flexibility index (Phi) is 5.32. The first-order valence-electron chi connectivity index (χ1n) is 6.11. The molecule has 0 heterocycles. The third kappa shape index (κ3) is 3.38. The molecule has 0 atom stereocenters. The number of amides is 1. The van der Waals surface area contributed by atoms with Crippen molar-refractivity contribution in [1.29, 1.82) is 0 Å². The second-order valence-electron chi connectivity index (χ2n) is 4.88. The molecular weight excluding hydrogens is 262 g/mol. The number of benzene rings is 1. The number of nitrogen functional groups attached to an aromatic ring is 1. The Morgan fingerprint density at radius 1 is 1.25 bits per heavy atom. The zero-order valence-electron chi connectivity index (χ0n) is 11.6. The van der Waals surface area contributed by atoms with Gasteiger partial charge in [-0.3, -0.25) is 4.79 Å². The van der Waals surface area contributed by atoms with E-state index in [0.29, 0.717) is 16.9 Å². The summed E-state index contributed by atoms with van der Waals surface area (Å²) in [5.41, 5.74) is 5.64. The van der Waals surface area contributed by atoms with Crippen LogP contribution in [0.25, 0.3) is 0 Å². The lowest BCUT2D eigenvalue weighted by atomic mass is 10.0. The summed E-state index contributed by atoms with van der Waals surface area (Å²) < 4.78 is 0. The fraction of sp³-hybridized carbons (Fsp3) is 0.462. The summed E-state index contributed by atoms with van der Waals surface area (Å²) in [6.07, 6.45) is 0. The highest BCUT2D eigenvalue weighted by atomic mass is 16.3. The van der Waals surface area contributed by atoms with Crippen molar-refractivity contribution in [3.63, 3.8) is 0 Å². The van der Waals surface area contributed by atoms with Crippen LogP contribution in [0, 0.1) is 0 Å². The molecule has 0 fully saturated rings. The SMILES string of the molecule is CN(C)C(=O)c1ccc(N)c(NC(CO)(CO)CO)c1. The fourth-order valence-electron chi connectivity index (χ4n) is 1.61. The van der Waals surface area contributed by atoms with Crippen LogP contribution in [0.4, 0.5) is 11.4 Å². The van der Waals surface area contributed by atoms with Crippen LogP contribution >= 0.6 is 0 Å². The highest BCUT2D eigenvalue weighted by Crippen LogP contribution is 2.24. The fourth-order valence-corrected chi connectivity index (χ4v) is 1.61. The molecule has 0 unspecified atom stereocenters. The highest BCUT2D eigenvalue weighted by molar-refractivity contribution is 5.96. The Morgan fingerprint density at radius 2 is 1.80 bits per heavy atom. The summed E-state index contributed by atoms with van der Waals surface area (Å²) in [5, 5.41) is 30.7. The van der Waals surface area contributed by atoms with E-state index in [0.717, 1.165) is 0 Å². The Hall–Kier alpha value is -1.83. The van der Waals surface area contributed by atoms with Crippen molar-refractivity contribution in [3.05, 3.63) is 23.8 Å². The maximum atomic E-state index is 11.9. The molecule has 1 aromatic rings. The molecule has 0 radical (unpaired) electrons. The van der Waals surface area contributed by atoms with Gasteiger partial charge < -0.3 is 31.3 Å². The lowest BCUT2D eigenvalue weighted by Gasteiger charge is -2.30. The largest absolute Gasteiger partial charge is 0.397 e. The molecule has 7 heteroatoms. The van der Waals surface area contributed by atoms with Crippen LogP contribution in [0.5, 0.6) is 0 Å². The van der Waals surface area contributed by atoms with E-state index in [2.05, 4.69) is 5.32 Å². The number of aliphatic hydroxyl groups is 3. The number of aliphatic hydroxyl groups excluding tert-OH is 3. The molecule has 0 saturated heterocycles. The second-order valence-corrected chi connectivity index (χ2v) is 4.88. The lowest BCUT2D eigenvalue weighted by Crippen LogP contribution is -2.49. The zero-order chi connectivity index (χ0) is 15.3. The lowest BCUT2D eigenvalue weighted by molar-refractivity contribution is 0.0827. The van der Waals surface area contributed by atoms with Gasteiger partial charge in [0.2, 0.25) is 0 Å². The van der Waals surface area contributed by atoms with E-state index >= 15 is 0 Å². The molecule has 20 heavy (non-hydrogen) atoms. The molecular formula is C13H21N3O4. The predicted octanol–water partition coefficient (Wildman–Crippen LogP) is -0.902. The molecule has 0 aliphatic heterocycles. The van der Waals surface area contributed by atoms with E-state index in [4.69, 9.17) is 5.73 Å². The third-order valence-electron chi connectivity index (χ3n) is 3.01. The highest BCUT2D eigenvalue weighted by Gasteiger charge is 2.28. The van der Waals surface area contributed by atoms with Crippen LogP contribution < -0.4 is 11.1 Å². The van der Waals surface area contributed by atoms with Crippen molar-refractivity contribution in [1.82, 2.24) is 4.90 Å². The average Bonchev–Trinajstić information content (AvgIpc) is 2.46. The number of nitrogens with zero attached hydrogens (tertiary/aromatic N) is 1. The normalized spacial score (nSPS) is 11.2. The van der Waals surface area contributed by atoms with Crippen LogP contribution in [-0.4, -0.2) is 65.6 Å². The topological polar surface area (TPSA) is 119 Å². The molecule has 0 aliphatic rings. The monoisotopic (exact) mass is 283 g/mol. The van der Waals surface area contributed by atoms with Crippen LogP contribution in [0.15, 0.2) is 18.2 Å². The first-order valence-corrected chi connectivity index (χ1v) is 6.11. The van der Waals surface area contributed by atoms with E-state index in [-0.39, 0.29) is 5.91 Å². The molecule has 0 bridgehead atoms. The van der Waals surface area contributed by atoms with Crippen LogP contribution in [0.1, 0.15) is 10.4 Å². The van der Waals surface area contributed by atoms with Gasteiger partial charge in [-0.25, -0.2) is 0 Å². The molecule has 0 saturated carbocycles. The molecule has 7 nitrogen and oxygen atoms in total. The Balaban J connectivity index is 3.12. The number of carbonyl (C=O) groups is 1. The van der Waals surface area contributed by atoms with Gasteiger partial charge in [0.05, 0.1) is 31.2 Å². The van der Waals surface area contributed by atoms with E-state index in [9.17, 15) is 20.1 Å². The summed E-state index contributed by atoms with van der Waals surface area (Å²) >= 11 is 0. The summed E-state index contributed by atoms with van der Waals surface area (Å²) in [6, 6.07) is 4.66. The van der Waals surface area contributed by atoms with Gasteiger partial charge in [-0.1, -0.05) is 0 Å². The molecule has 112 valence electrons. The quantitative estimate of drug-likeness (QED) is 0.432.